The molecule has 10 nitrogen and oxygen atoms in total. The van der Waals surface area contributed by atoms with Gasteiger partial charge in [0, 0.05) is 32.2 Å². The van der Waals surface area contributed by atoms with Crippen LogP contribution in [-0.4, -0.2) is 45.0 Å². The van der Waals surface area contributed by atoms with Gasteiger partial charge in [-0.15, -0.1) is 0 Å². The van der Waals surface area contributed by atoms with E-state index in [-0.39, 0.29) is 21.4 Å². The number of hydrogen-bond acceptors (Lipinski definition) is 9. The van der Waals surface area contributed by atoms with Crippen LogP contribution in [0.1, 0.15) is 46.0 Å². The minimum atomic E-state index is -4.27. The van der Waals surface area contributed by atoms with Crippen molar-refractivity contribution in [1.82, 2.24) is 4.98 Å². The van der Waals surface area contributed by atoms with E-state index < -0.39 is 20.2 Å². The molecule has 0 atom stereocenters. The number of nitrogens with zero attached hydrogens (tertiary/aromatic N) is 2. The van der Waals surface area contributed by atoms with E-state index >= 15 is 0 Å². The monoisotopic (exact) mass is 614 g/mol. The van der Waals surface area contributed by atoms with Crippen molar-refractivity contribution in [2.45, 2.75) is 37.5 Å². The molecular formula is C30H34N2O8S2. The molecule has 2 aromatic carbocycles. The van der Waals surface area contributed by atoms with E-state index in [1.165, 1.54) is 31.2 Å². The highest BCUT2D eigenvalue weighted by molar-refractivity contribution is 7.86. The Bertz CT molecular complexity index is 1650. The normalized spacial score (nSPS) is 10.5. The summed E-state index contributed by atoms with van der Waals surface area (Å²) in [7, 11) is -4.78. The minimum absolute atomic E-state index is 0.00981. The molecular weight excluding hydrogens is 580 g/mol. The maximum atomic E-state index is 11.1. The second-order valence-electron chi connectivity index (χ2n) is 8.73. The van der Waals surface area contributed by atoms with Gasteiger partial charge in [0.05, 0.1) is 16.9 Å². The molecule has 2 heterocycles. The molecule has 0 N–H and O–H groups in total. The zero-order valence-electron chi connectivity index (χ0n) is 24.2. The van der Waals surface area contributed by atoms with Crippen molar-refractivity contribution in [3.8, 4) is 0 Å². The largest absolute Gasteiger partial charge is 0.744 e. The quantitative estimate of drug-likeness (QED) is 0.139. The molecule has 0 saturated carbocycles. The molecule has 224 valence electrons. The molecule has 0 saturated heterocycles. The number of ketones is 2. The Morgan fingerprint density at radius 1 is 0.738 bits per heavy atom. The van der Waals surface area contributed by atoms with Crippen molar-refractivity contribution in [3.05, 3.63) is 120 Å². The number of hydrogen-bond donors (Lipinski definition) is 0. The number of rotatable bonds is 5. The number of aromatic nitrogens is 2. The Morgan fingerprint density at radius 2 is 1.24 bits per heavy atom. The van der Waals surface area contributed by atoms with Crippen LogP contribution >= 0.6 is 0 Å². The van der Waals surface area contributed by atoms with Crippen LogP contribution in [-0.2, 0) is 31.5 Å². The van der Waals surface area contributed by atoms with Gasteiger partial charge in [-0.05, 0) is 56.3 Å². The van der Waals surface area contributed by atoms with Crippen LogP contribution in [0.2, 0.25) is 0 Å². The van der Waals surface area contributed by atoms with Gasteiger partial charge in [-0.3, -0.25) is 18.8 Å². The van der Waals surface area contributed by atoms with Gasteiger partial charge in [-0.1, -0.05) is 41.5 Å². The average molecular weight is 615 g/mol. The molecule has 0 amide bonds. The van der Waals surface area contributed by atoms with E-state index in [0.717, 1.165) is 23.9 Å². The van der Waals surface area contributed by atoms with Crippen molar-refractivity contribution in [2.75, 3.05) is 7.11 Å². The summed E-state index contributed by atoms with van der Waals surface area (Å²) < 4.78 is 59.5. The van der Waals surface area contributed by atoms with Gasteiger partial charge in [-0.25, -0.2) is 8.42 Å². The van der Waals surface area contributed by atoms with Gasteiger partial charge in [-0.2, -0.15) is 13.0 Å². The molecule has 0 aliphatic heterocycles. The molecule has 0 spiro atoms. The maximum Gasteiger partial charge on any atom is 0.296 e. The third-order valence-corrected chi connectivity index (χ3v) is 7.42. The minimum Gasteiger partial charge on any atom is -0.744 e. The molecule has 4 aromatic rings. The summed E-state index contributed by atoms with van der Waals surface area (Å²) in [6.45, 7) is 6.78. The van der Waals surface area contributed by atoms with E-state index in [2.05, 4.69) is 9.17 Å². The lowest BCUT2D eigenvalue weighted by atomic mass is 10.2. The maximum absolute atomic E-state index is 11.1. The number of pyridine rings is 2. The zero-order chi connectivity index (χ0) is 31.9. The van der Waals surface area contributed by atoms with Crippen molar-refractivity contribution in [2.24, 2.45) is 7.05 Å². The van der Waals surface area contributed by atoms with Crippen LogP contribution in [0.25, 0.3) is 0 Å². The summed E-state index contributed by atoms with van der Waals surface area (Å²) >= 11 is 0. The summed E-state index contributed by atoms with van der Waals surface area (Å²) in [4.78, 5) is 25.3. The Labute approximate surface area is 247 Å². The van der Waals surface area contributed by atoms with E-state index in [1.807, 2.05) is 49.9 Å². The fourth-order valence-corrected chi connectivity index (χ4v) is 4.10. The number of benzene rings is 2. The first kappa shape index (κ1) is 35.9. The third kappa shape index (κ3) is 13.0. The first-order chi connectivity index (χ1) is 19.6. The molecule has 0 bridgehead atoms. The van der Waals surface area contributed by atoms with Gasteiger partial charge in [0.1, 0.15) is 22.9 Å². The van der Waals surface area contributed by atoms with Crippen molar-refractivity contribution >= 4 is 31.8 Å². The summed E-state index contributed by atoms with van der Waals surface area (Å²) in [6.07, 6.45) is 3.47. The summed E-state index contributed by atoms with van der Waals surface area (Å²) in [5.41, 5.74) is 3.21. The van der Waals surface area contributed by atoms with E-state index in [4.69, 9.17) is 0 Å². The molecule has 2 aromatic heterocycles. The average Bonchev–Trinajstić information content (AvgIpc) is 2.95. The van der Waals surface area contributed by atoms with Gasteiger partial charge in [0.25, 0.3) is 10.1 Å². The lowest BCUT2D eigenvalue weighted by Gasteiger charge is -2.05. The topological polar surface area (TPSA) is 151 Å². The van der Waals surface area contributed by atoms with E-state index in [1.54, 1.807) is 55.6 Å². The van der Waals surface area contributed by atoms with Crippen molar-refractivity contribution in [3.63, 3.8) is 0 Å². The van der Waals surface area contributed by atoms with Crippen LogP contribution in [0.4, 0.5) is 0 Å². The van der Waals surface area contributed by atoms with Crippen LogP contribution in [0.5, 0.6) is 0 Å². The lowest BCUT2D eigenvalue weighted by molar-refractivity contribution is -0.673. The van der Waals surface area contributed by atoms with Crippen LogP contribution in [0, 0.1) is 13.8 Å². The Balaban J connectivity index is 0.000000281. The lowest BCUT2D eigenvalue weighted by Crippen LogP contribution is -2.34. The molecule has 0 fully saturated rings. The molecule has 0 aliphatic rings. The molecule has 4 rings (SSSR count). The smallest absolute Gasteiger partial charge is 0.296 e. The first-order valence-corrected chi connectivity index (χ1v) is 15.2. The fraction of sp³-hybridized carbons (Fsp3) is 0.200. The zero-order valence-corrected chi connectivity index (χ0v) is 25.8. The number of carbonyl (C=O) groups excluding carboxylic acids is 2. The second kappa shape index (κ2) is 17.0. The van der Waals surface area contributed by atoms with Gasteiger partial charge >= 0.3 is 0 Å². The Morgan fingerprint density at radius 3 is 1.57 bits per heavy atom. The fourth-order valence-electron chi connectivity index (χ4n) is 2.97. The van der Waals surface area contributed by atoms with Gasteiger partial charge < -0.3 is 4.55 Å². The molecule has 12 heteroatoms. The van der Waals surface area contributed by atoms with E-state index in [9.17, 15) is 31.0 Å². The number of aryl methyl sites for hydroxylation is 3. The van der Waals surface area contributed by atoms with Crippen LogP contribution in [0.3, 0.4) is 0 Å². The molecule has 0 radical (unpaired) electrons. The molecule has 0 aliphatic carbocycles. The number of Topliss-reactive ketones (excluding diaryl/α,β-unsaturated/α-hetero) is 2. The summed E-state index contributed by atoms with van der Waals surface area (Å²) in [6, 6.07) is 23.1. The van der Waals surface area contributed by atoms with Crippen LogP contribution in [0.15, 0.2) is 107 Å². The Hall–Kier alpha value is -4.10. The van der Waals surface area contributed by atoms with E-state index in [0.29, 0.717) is 5.69 Å². The van der Waals surface area contributed by atoms with Gasteiger partial charge in [0.2, 0.25) is 11.5 Å². The molecule has 0 unspecified atom stereocenters. The summed E-state index contributed by atoms with van der Waals surface area (Å²) in [5, 5.41) is 0. The van der Waals surface area contributed by atoms with Crippen LogP contribution < -0.4 is 4.57 Å². The van der Waals surface area contributed by atoms with Crippen molar-refractivity contribution < 1.29 is 39.7 Å². The third-order valence-electron chi connectivity index (χ3n) is 5.28. The molecule has 42 heavy (non-hydrogen) atoms. The first-order valence-electron chi connectivity index (χ1n) is 12.4. The van der Waals surface area contributed by atoms with Gasteiger partial charge in [0.15, 0.2) is 12.0 Å². The van der Waals surface area contributed by atoms with Crippen molar-refractivity contribution in [1.29, 1.82) is 0 Å². The highest BCUT2D eigenvalue weighted by Gasteiger charge is 2.11. The highest BCUT2D eigenvalue weighted by atomic mass is 32.2. The predicted molar refractivity (Wildman–Crippen MR) is 156 cm³/mol. The predicted octanol–water partition coefficient (Wildman–Crippen LogP) is 4.23. The highest BCUT2D eigenvalue weighted by Crippen LogP contribution is 2.11. The second-order valence-corrected chi connectivity index (χ2v) is 11.8. The Kier molecular flexibility index (Phi) is 14.5. The number of carbonyl (C=O) groups is 2. The summed E-state index contributed by atoms with van der Waals surface area (Å²) in [5.74, 6) is 0.110. The SMILES string of the molecule is CC(=O)c1cccc[n+]1C.CC(=O)c1ccccn1.COS(=O)(=O)c1ccc(C)cc1.Cc1ccc(S(=O)(=O)[O-])cc1. The standard InChI is InChI=1S/C8H10NO.C8H10O3S.C7H7NO.C7H8O3S/c1-7(10)8-5-3-4-6-9(8)2;1-7-3-5-8(6-4-7)12(9,10)11-2;1-6(9)7-4-2-3-5-8-7;1-6-2-4-7(5-3-6)11(8,9)10/h3-6H,1-2H3;3-6H,1-2H3;2-5H,1H3;2-5H,1H3,(H,8,9,10)/q+1;;;/p-1.